The topological polar surface area (TPSA) is 149 Å². The summed E-state index contributed by atoms with van der Waals surface area (Å²) in [6.45, 7) is 12.8. The molecule has 0 aromatic rings. The second kappa shape index (κ2) is 22.8. The zero-order valence-electron chi connectivity index (χ0n) is 17.7. The van der Waals surface area contributed by atoms with Crippen LogP contribution in [0.2, 0.25) is 0 Å². The lowest BCUT2D eigenvalue weighted by Gasteiger charge is -2.01. The van der Waals surface area contributed by atoms with E-state index in [2.05, 4.69) is 0 Å². The fraction of sp³-hybridized carbons (Fsp3) is 0.778. The average molecular weight is 407 g/mol. The Bertz CT molecular complexity index is 337. The van der Waals surface area contributed by atoms with Crippen LogP contribution in [0.1, 0.15) is 68.2 Å². The van der Waals surface area contributed by atoms with Crippen LogP contribution in [0, 0.1) is 11.8 Å². The standard InChI is InChI=1S/2C6H10O3.2C3H8O.Al/c2*1-3-5(4(2)7)6(8)9;2*1-3(2)4;/h2*5H,3H2,1-2H3,(H,8,9);2*3-4H,1-2H3;. The van der Waals surface area contributed by atoms with Crippen LogP contribution < -0.4 is 0 Å². The van der Waals surface area contributed by atoms with Crippen LogP contribution >= 0.6 is 0 Å². The first-order valence-corrected chi connectivity index (χ1v) is 8.47. The number of aliphatic carboxylic acids is 2. The Hall–Kier alpha value is -1.27. The lowest BCUT2D eigenvalue weighted by Crippen LogP contribution is -2.19. The molecule has 0 saturated carbocycles. The molecule has 8 nitrogen and oxygen atoms in total. The molecule has 4 N–H and O–H groups in total. The van der Waals surface area contributed by atoms with Crippen molar-refractivity contribution >= 4 is 40.9 Å². The van der Waals surface area contributed by atoms with Crippen LogP contribution in [0.15, 0.2) is 0 Å². The zero-order chi connectivity index (χ0) is 22.0. The van der Waals surface area contributed by atoms with Gasteiger partial charge in [0.05, 0.1) is 0 Å². The fourth-order valence-electron chi connectivity index (χ4n) is 1.27. The molecule has 0 spiro atoms. The van der Waals surface area contributed by atoms with Gasteiger partial charge >= 0.3 is 11.9 Å². The number of aliphatic hydroxyl groups excluding tert-OH is 2. The van der Waals surface area contributed by atoms with Crippen molar-refractivity contribution in [2.75, 3.05) is 0 Å². The zero-order valence-corrected chi connectivity index (χ0v) is 18.9. The van der Waals surface area contributed by atoms with Crippen molar-refractivity contribution in [1.29, 1.82) is 0 Å². The van der Waals surface area contributed by atoms with Gasteiger partial charge in [0, 0.05) is 29.6 Å². The monoisotopic (exact) mass is 407 g/mol. The molecule has 0 heterocycles. The molecule has 0 aliphatic heterocycles. The van der Waals surface area contributed by atoms with Gasteiger partial charge in [0.15, 0.2) is 0 Å². The summed E-state index contributed by atoms with van der Waals surface area (Å²) in [6, 6.07) is 0. The van der Waals surface area contributed by atoms with Gasteiger partial charge in [-0.25, -0.2) is 0 Å². The second-order valence-corrected chi connectivity index (χ2v) is 6.01. The number of carbonyl (C=O) groups is 4. The third kappa shape index (κ3) is 36.4. The highest BCUT2D eigenvalue weighted by molar-refractivity contribution is 5.97. The van der Waals surface area contributed by atoms with Crippen molar-refractivity contribution in [3.63, 3.8) is 0 Å². The first kappa shape index (κ1) is 36.6. The summed E-state index contributed by atoms with van der Waals surface area (Å²) in [5.41, 5.74) is 0. The Morgan fingerprint density at radius 1 is 0.667 bits per heavy atom. The lowest BCUT2D eigenvalue weighted by molar-refractivity contribution is -0.147. The van der Waals surface area contributed by atoms with Crippen LogP contribution in [0.4, 0.5) is 0 Å². The molecule has 0 saturated heterocycles. The Balaban J connectivity index is -0.0000000843. The smallest absolute Gasteiger partial charge is 0.314 e. The minimum atomic E-state index is -1.02. The van der Waals surface area contributed by atoms with E-state index in [1.807, 2.05) is 0 Å². The number of Topliss-reactive ketones (excluding diaryl/α,β-unsaturated/α-hetero) is 2. The number of carboxylic acids is 2. The van der Waals surface area contributed by atoms with Crippen molar-refractivity contribution in [2.45, 2.75) is 80.4 Å². The van der Waals surface area contributed by atoms with Gasteiger partial charge in [0.25, 0.3) is 0 Å². The molecular weight excluding hydrogens is 371 g/mol. The first-order chi connectivity index (χ1) is 11.6. The van der Waals surface area contributed by atoms with Crippen molar-refractivity contribution in [1.82, 2.24) is 0 Å². The molecule has 159 valence electrons. The van der Waals surface area contributed by atoms with Crippen LogP contribution in [0.3, 0.4) is 0 Å². The Kier molecular flexibility index (Phi) is 30.9. The molecule has 0 rings (SSSR count). The van der Waals surface area contributed by atoms with Crippen molar-refractivity contribution < 1.29 is 39.6 Å². The summed E-state index contributed by atoms with van der Waals surface area (Å²) in [6.07, 6.45) is 0.426. The molecular formula is C18H36AlO8. The molecule has 2 atom stereocenters. The number of aliphatic hydroxyl groups is 2. The van der Waals surface area contributed by atoms with Crippen molar-refractivity contribution in [3.8, 4) is 0 Å². The average Bonchev–Trinajstić information content (AvgIpc) is 2.37. The molecule has 27 heavy (non-hydrogen) atoms. The highest BCUT2D eigenvalue weighted by Crippen LogP contribution is 2.03. The van der Waals surface area contributed by atoms with Crippen LogP contribution in [0.25, 0.3) is 0 Å². The molecule has 3 radical (unpaired) electrons. The summed E-state index contributed by atoms with van der Waals surface area (Å²) in [5.74, 6) is -4.19. The molecule has 0 aromatic heterocycles. The summed E-state index contributed by atoms with van der Waals surface area (Å²) in [4.78, 5) is 41.2. The maximum Gasteiger partial charge on any atom is 0.314 e. The summed E-state index contributed by atoms with van der Waals surface area (Å²) in [7, 11) is 0. The van der Waals surface area contributed by atoms with Gasteiger partial charge in [-0.15, -0.1) is 0 Å². The number of hydrogen-bond donors (Lipinski definition) is 4. The van der Waals surface area contributed by atoms with E-state index in [9.17, 15) is 19.2 Å². The van der Waals surface area contributed by atoms with E-state index in [0.29, 0.717) is 12.8 Å². The molecule has 0 aromatic carbocycles. The Labute approximate surface area is 173 Å². The van der Waals surface area contributed by atoms with Crippen molar-refractivity contribution in [2.24, 2.45) is 11.8 Å². The van der Waals surface area contributed by atoms with Crippen LogP contribution in [0.5, 0.6) is 0 Å². The normalized spacial score (nSPS) is 11.1. The maximum atomic E-state index is 10.4. The Morgan fingerprint density at radius 2 is 0.815 bits per heavy atom. The largest absolute Gasteiger partial charge is 0.481 e. The second-order valence-electron chi connectivity index (χ2n) is 6.01. The number of rotatable bonds is 6. The molecule has 0 aliphatic carbocycles. The number of carbonyl (C=O) groups excluding carboxylic acids is 2. The third-order valence-corrected chi connectivity index (χ3v) is 2.39. The van der Waals surface area contributed by atoms with E-state index in [1.165, 1.54) is 13.8 Å². The van der Waals surface area contributed by atoms with Gasteiger partial charge in [0.2, 0.25) is 0 Å². The number of carboxylic acid groups (broad SMARTS) is 2. The van der Waals surface area contributed by atoms with Gasteiger partial charge in [-0.2, -0.15) is 0 Å². The predicted octanol–water partition coefficient (Wildman–Crippen LogP) is 1.77. The maximum absolute atomic E-state index is 10.4. The minimum absolute atomic E-state index is 0. The molecule has 0 amide bonds. The molecule has 9 heteroatoms. The van der Waals surface area contributed by atoms with E-state index in [-0.39, 0.29) is 41.1 Å². The van der Waals surface area contributed by atoms with Gasteiger partial charge < -0.3 is 20.4 Å². The Morgan fingerprint density at radius 3 is 0.815 bits per heavy atom. The number of hydrogen-bond acceptors (Lipinski definition) is 6. The lowest BCUT2D eigenvalue weighted by atomic mass is 10.0. The molecule has 0 bridgehead atoms. The van der Waals surface area contributed by atoms with Gasteiger partial charge in [0.1, 0.15) is 23.4 Å². The summed E-state index contributed by atoms with van der Waals surface area (Å²) >= 11 is 0. The van der Waals surface area contributed by atoms with Crippen molar-refractivity contribution in [3.05, 3.63) is 0 Å². The van der Waals surface area contributed by atoms with E-state index >= 15 is 0 Å². The van der Waals surface area contributed by atoms with Crippen LogP contribution in [-0.4, -0.2) is 73.5 Å². The minimum Gasteiger partial charge on any atom is -0.481 e. The number of ketones is 2. The third-order valence-electron chi connectivity index (χ3n) is 2.39. The summed E-state index contributed by atoms with van der Waals surface area (Å²) < 4.78 is 0. The highest BCUT2D eigenvalue weighted by Gasteiger charge is 2.19. The molecule has 0 fully saturated rings. The van der Waals surface area contributed by atoms with E-state index < -0.39 is 23.8 Å². The predicted molar refractivity (Wildman–Crippen MR) is 105 cm³/mol. The van der Waals surface area contributed by atoms with Gasteiger partial charge in [-0.05, 0) is 54.4 Å². The van der Waals surface area contributed by atoms with Gasteiger partial charge in [-0.1, -0.05) is 13.8 Å². The molecule has 0 aliphatic rings. The first-order valence-electron chi connectivity index (χ1n) is 8.47. The van der Waals surface area contributed by atoms with E-state index in [1.54, 1.807) is 41.5 Å². The van der Waals surface area contributed by atoms with E-state index in [4.69, 9.17) is 20.4 Å². The fourth-order valence-corrected chi connectivity index (χ4v) is 1.27. The SMILES string of the molecule is CC(C)O.CC(C)O.CCC(C(C)=O)C(=O)O.CCC(C(C)=O)C(=O)O.[Al]. The summed E-state index contributed by atoms with van der Waals surface area (Å²) in [5, 5.41) is 32.8. The van der Waals surface area contributed by atoms with Gasteiger partial charge in [-0.3, -0.25) is 19.2 Å². The highest BCUT2D eigenvalue weighted by atomic mass is 27.0. The van der Waals surface area contributed by atoms with E-state index in [0.717, 1.165) is 0 Å². The molecule has 2 unspecified atom stereocenters. The van der Waals surface area contributed by atoms with Crippen LogP contribution in [-0.2, 0) is 19.2 Å². The quantitative estimate of drug-likeness (QED) is 0.384.